The molecular weight excluding hydrogens is 164 g/mol. The predicted octanol–water partition coefficient (Wildman–Crippen LogP) is 0.758. The summed E-state index contributed by atoms with van der Waals surface area (Å²) in [5.41, 5.74) is -0.258. The van der Waals surface area contributed by atoms with Gasteiger partial charge < -0.3 is 10.6 Å². The van der Waals surface area contributed by atoms with E-state index in [1.165, 1.54) is 6.42 Å². The average molecular weight is 184 g/mol. The lowest BCUT2D eigenvalue weighted by molar-refractivity contribution is -0.128. The molecule has 1 fully saturated rings. The Morgan fingerprint density at radius 1 is 1.54 bits per heavy atom. The van der Waals surface area contributed by atoms with Gasteiger partial charge in [0.05, 0.1) is 0 Å². The third-order valence-corrected chi connectivity index (χ3v) is 2.39. The minimum absolute atomic E-state index is 0.152. The molecule has 3 nitrogen and oxygen atoms in total. The van der Waals surface area contributed by atoms with Crippen LogP contribution < -0.4 is 10.6 Å². The maximum absolute atomic E-state index is 11.5. The third kappa shape index (κ3) is 3.35. The zero-order valence-corrected chi connectivity index (χ0v) is 8.81. The smallest absolute Gasteiger partial charge is 0.225 e. The van der Waals surface area contributed by atoms with Gasteiger partial charge in [-0.2, -0.15) is 0 Å². The quantitative estimate of drug-likeness (QED) is 0.665. The lowest BCUT2D eigenvalue weighted by atomic mass is 9.95. The molecule has 3 heteroatoms. The summed E-state index contributed by atoms with van der Waals surface area (Å²) in [5.74, 6) is 0.783. The topological polar surface area (TPSA) is 41.1 Å². The van der Waals surface area contributed by atoms with Crippen LogP contribution in [0.3, 0.4) is 0 Å². The minimum Gasteiger partial charge on any atom is -0.355 e. The molecule has 2 N–H and O–H groups in total. The van der Waals surface area contributed by atoms with Gasteiger partial charge in [-0.05, 0) is 25.4 Å². The van der Waals surface area contributed by atoms with E-state index in [2.05, 4.69) is 10.6 Å². The second kappa shape index (κ2) is 4.09. The molecule has 1 heterocycles. The van der Waals surface area contributed by atoms with Gasteiger partial charge in [0.25, 0.3) is 0 Å². The molecule has 0 saturated carbocycles. The maximum Gasteiger partial charge on any atom is 0.225 e. The number of amides is 1. The van der Waals surface area contributed by atoms with E-state index >= 15 is 0 Å². The molecule has 0 radical (unpaired) electrons. The highest BCUT2D eigenvalue weighted by atomic mass is 16.2. The first-order chi connectivity index (χ1) is 6.00. The number of carbonyl (C=O) groups excluding carboxylic acids is 1. The molecular formula is C10H20N2O. The van der Waals surface area contributed by atoms with E-state index in [1.54, 1.807) is 0 Å². The standard InChI is InChI=1S/C10H20N2O/c1-10(2,3)9(13)12-7-8-4-5-11-6-8/h8,11H,4-7H2,1-3H3,(H,12,13). The molecule has 0 aromatic carbocycles. The molecule has 0 aromatic rings. The molecule has 1 aliphatic heterocycles. The van der Waals surface area contributed by atoms with Crippen molar-refractivity contribution in [2.24, 2.45) is 11.3 Å². The Labute approximate surface area is 80.3 Å². The molecule has 0 aliphatic carbocycles. The number of nitrogens with one attached hydrogen (secondary N) is 2. The summed E-state index contributed by atoms with van der Waals surface area (Å²) in [7, 11) is 0. The second-order valence-corrected chi connectivity index (χ2v) is 4.82. The number of hydrogen-bond acceptors (Lipinski definition) is 2. The van der Waals surface area contributed by atoms with Crippen molar-refractivity contribution in [2.75, 3.05) is 19.6 Å². The third-order valence-electron chi connectivity index (χ3n) is 2.39. The van der Waals surface area contributed by atoms with Gasteiger partial charge in [0.2, 0.25) is 5.91 Å². The van der Waals surface area contributed by atoms with Gasteiger partial charge in [0, 0.05) is 12.0 Å². The molecule has 1 unspecified atom stereocenters. The summed E-state index contributed by atoms with van der Waals surface area (Å²) in [6.45, 7) is 8.78. The van der Waals surface area contributed by atoms with Gasteiger partial charge in [0.15, 0.2) is 0 Å². The summed E-state index contributed by atoms with van der Waals surface area (Å²) in [5, 5.41) is 6.27. The van der Waals surface area contributed by atoms with Gasteiger partial charge >= 0.3 is 0 Å². The number of hydrogen-bond donors (Lipinski definition) is 2. The summed E-state index contributed by atoms with van der Waals surface area (Å²) >= 11 is 0. The largest absolute Gasteiger partial charge is 0.355 e. The average Bonchev–Trinajstić information content (AvgIpc) is 2.50. The van der Waals surface area contributed by atoms with Gasteiger partial charge in [-0.15, -0.1) is 0 Å². The van der Waals surface area contributed by atoms with Crippen LogP contribution in [0.2, 0.25) is 0 Å². The molecule has 1 aliphatic rings. The van der Waals surface area contributed by atoms with Crippen LogP contribution in [0, 0.1) is 11.3 Å². The number of rotatable bonds is 2. The van der Waals surface area contributed by atoms with Gasteiger partial charge in [0.1, 0.15) is 0 Å². The first-order valence-corrected chi connectivity index (χ1v) is 4.99. The Morgan fingerprint density at radius 2 is 2.23 bits per heavy atom. The summed E-state index contributed by atoms with van der Waals surface area (Å²) < 4.78 is 0. The van der Waals surface area contributed by atoms with Gasteiger partial charge in [-0.1, -0.05) is 20.8 Å². The lowest BCUT2D eigenvalue weighted by Crippen LogP contribution is -2.38. The van der Waals surface area contributed by atoms with Crippen LogP contribution in [-0.2, 0) is 4.79 Å². The van der Waals surface area contributed by atoms with Crippen LogP contribution >= 0.6 is 0 Å². The predicted molar refractivity (Wildman–Crippen MR) is 53.4 cm³/mol. The van der Waals surface area contributed by atoms with Crippen molar-refractivity contribution in [2.45, 2.75) is 27.2 Å². The molecule has 1 amide bonds. The van der Waals surface area contributed by atoms with Crippen molar-refractivity contribution >= 4 is 5.91 Å². The van der Waals surface area contributed by atoms with E-state index in [-0.39, 0.29) is 11.3 Å². The fraction of sp³-hybridized carbons (Fsp3) is 0.900. The Balaban J connectivity index is 2.22. The van der Waals surface area contributed by atoms with Crippen molar-refractivity contribution in [3.63, 3.8) is 0 Å². The molecule has 1 saturated heterocycles. The molecule has 76 valence electrons. The van der Waals surface area contributed by atoms with Crippen molar-refractivity contribution in [1.29, 1.82) is 0 Å². The zero-order valence-electron chi connectivity index (χ0n) is 8.81. The van der Waals surface area contributed by atoms with E-state index in [4.69, 9.17) is 0 Å². The van der Waals surface area contributed by atoms with Crippen molar-refractivity contribution < 1.29 is 4.79 Å². The molecule has 13 heavy (non-hydrogen) atoms. The van der Waals surface area contributed by atoms with Gasteiger partial charge in [-0.3, -0.25) is 4.79 Å². The van der Waals surface area contributed by atoms with Crippen LogP contribution in [0.4, 0.5) is 0 Å². The molecule has 1 rings (SSSR count). The summed E-state index contributed by atoms with van der Waals surface area (Å²) in [6.07, 6.45) is 1.18. The van der Waals surface area contributed by atoms with Crippen molar-refractivity contribution in [3.05, 3.63) is 0 Å². The Hall–Kier alpha value is -0.570. The fourth-order valence-electron chi connectivity index (χ4n) is 1.39. The molecule has 0 aromatic heterocycles. The van der Waals surface area contributed by atoms with E-state index in [0.717, 1.165) is 19.6 Å². The van der Waals surface area contributed by atoms with Crippen molar-refractivity contribution in [3.8, 4) is 0 Å². The molecule has 0 spiro atoms. The summed E-state index contributed by atoms with van der Waals surface area (Å²) in [6, 6.07) is 0. The normalized spacial score (nSPS) is 23.2. The van der Waals surface area contributed by atoms with E-state index < -0.39 is 0 Å². The SMILES string of the molecule is CC(C)(C)C(=O)NCC1CCNC1. The van der Waals surface area contributed by atoms with E-state index in [9.17, 15) is 4.79 Å². The minimum atomic E-state index is -0.258. The highest BCUT2D eigenvalue weighted by Gasteiger charge is 2.22. The second-order valence-electron chi connectivity index (χ2n) is 4.82. The Kier molecular flexibility index (Phi) is 3.31. The summed E-state index contributed by atoms with van der Waals surface area (Å²) in [4.78, 5) is 11.5. The lowest BCUT2D eigenvalue weighted by Gasteiger charge is -2.19. The molecule has 0 bridgehead atoms. The van der Waals surface area contributed by atoms with E-state index in [1.807, 2.05) is 20.8 Å². The first-order valence-electron chi connectivity index (χ1n) is 4.99. The van der Waals surface area contributed by atoms with Crippen LogP contribution in [0.1, 0.15) is 27.2 Å². The highest BCUT2D eigenvalue weighted by molar-refractivity contribution is 5.81. The Morgan fingerprint density at radius 3 is 2.69 bits per heavy atom. The van der Waals surface area contributed by atoms with Crippen LogP contribution in [0.5, 0.6) is 0 Å². The van der Waals surface area contributed by atoms with Crippen LogP contribution in [0.25, 0.3) is 0 Å². The highest BCUT2D eigenvalue weighted by Crippen LogP contribution is 2.13. The fourth-order valence-corrected chi connectivity index (χ4v) is 1.39. The van der Waals surface area contributed by atoms with Gasteiger partial charge in [-0.25, -0.2) is 0 Å². The Bertz CT molecular complexity index is 178. The van der Waals surface area contributed by atoms with E-state index in [0.29, 0.717) is 5.92 Å². The van der Waals surface area contributed by atoms with Crippen LogP contribution in [-0.4, -0.2) is 25.5 Å². The molecule has 1 atom stereocenters. The zero-order chi connectivity index (χ0) is 9.90. The maximum atomic E-state index is 11.5. The first kappa shape index (κ1) is 10.5. The number of carbonyl (C=O) groups is 1. The van der Waals surface area contributed by atoms with Crippen LogP contribution in [0.15, 0.2) is 0 Å². The monoisotopic (exact) mass is 184 g/mol. The van der Waals surface area contributed by atoms with Crippen molar-refractivity contribution in [1.82, 2.24) is 10.6 Å².